The molecule has 0 aliphatic carbocycles. The molecule has 4 nitrogen and oxygen atoms in total. The lowest BCUT2D eigenvalue weighted by molar-refractivity contribution is 0.945. The van der Waals surface area contributed by atoms with E-state index in [9.17, 15) is 0 Å². The molecule has 1 aromatic heterocycles. The molecule has 0 fully saturated rings. The Morgan fingerprint density at radius 1 is 1.08 bits per heavy atom. The van der Waals surface area contributed by atoms with Crippen molar-refractivity contribution in [3.8, 4) is 0 Å². The van der Waals surface area contributed by atoms with Gasteiger partial charge in [0.05, 0.1) is 11.9 Å². The zero-order valence-electron chi connectivity index (χ0n) is 7.94. The Bertz CT molecular complexity index is 230. The number of hydrogen-bond acceptors (Lipinski definition) is 4. The van der Waals surface area contributed by atoms with E-state index in [1.54, 1.807) is 6.20 Å². The Hall–Kier alpha value is -1.32. The summed E-state index contributed by atoms with van der Waals surface area (Å²) in [5.41, 5.74) is 1.08. The largest absolute Gasteiger partial charge is 0.375 e. The molecule has 4 heteroatoms. The number of hydrogen-bond donors (Lipinski definition) is 0. The van der Waals surface area contributed by atoms with Gasteiger partial charge in [0.2, 0.25) is 0 Å². The Morgan fingerprint density at radius 3 is 2.17 bits per heavy atom. The quantitative estimate of drug-likeness (QED) is 0.644. The van der Waals surface area contributed by atoms with Crippen molar-refractivity contribution in [3.63, 3.8) is 0 Å². The van der Waals surface area contributed by atoms with E-state index in [1.807, 2.05) is 44.1 Å². The second-order valence-electron chi connectivity index (χ2n) is 3.03. The molecule has 0 radical (unpaired) electrons. The van der Waals surface area contributed by atoms with Crippen LogP contribution in [0.4, 0.5) is 11.5 Å². The average Bonchev–Trinajstić information content (AvgIpc) is 2.04. The van der Waals surface area contributed by atoms with Crippen molar-refractivity contribution in [2.24, 2.45) is 0 Å². The van der Waals surface area contributed by atoms with Crippen LogP contribution in [0.1, 0.15) is 0 Å². The first kappa shape index (κ1) is 8.77. The first-order valence-electron chi connectivity index (χ1n) is 3.79. The summed E-state index contributed by atoms with van der Waals surface area (Å²) in [6.45, 7) is 0. The molecule has 0 saturated heterocycles. The number of rotatable bonds is 2. The van der Waals surface area contributed by atoms with Gasteiger partial charge in [0, 0.05) is 28.2 Å². The molecule has 1 rings (SSSR count). The summed E-state index contributed by atoms with van der Waals surface area (Å²) in [5, 5.41) is 7.86. The fraction of sp³-hybridized carbons (Fsp3) is 0.500. The van der Waals surface area contributed by atoms with E-state index in [-0.39, 0.29) is 0 Å². The van der Waals surface area contributed by atoms with E-state index in [1.165, 1.54) is 0 Å². The minimum absolute atomic E-state index is 0.891. The predicted molar refractivity (Wildman–Crippen MR) is 50.7 cm³/mol. The SMILES string of the molecule is CN(C)c1ccnnc1N(C)C. The maximum absolute atomic E-state index is 4.03. The summed E-state index contributed by atoms with van der Waals surface area (Å²) >= 11 is 0. The topological polar surface area (TPSA) is 32.3 Å². The molecular formula is C8H14N4. The second-order valence-corrected chi connectivity index (χ2v) is 3.03. The number of aromatic nitrogens is 2. The summed E-state index contributed by atoms with van der Waals surface area (Å²) < 4.78 is 0. The van der Waals surface area contributed by atoms with Crippen LogP contribution in [-0.2, 0) is 0 Å². The highest BCUT2D eigenvalue weighted by atomic mass is 15.3. The van der Waals surface area contributed by atoms with E-state index < -0.39 is 0 Å². The molecule has 12 heavy (non-hydrogen) atoms. The summed E-state index contributed by atoms with van der Waals surface area (Å²) in [7, 11) is 7.89. The molecule has 0 saturated carbocycles. The minimum atomic E-state index is 0.891. The molecule has 66 valence electrons. The van der Waals surface area contributed by atoms with Crippen molar-refractivity contribution < 1.29 is 0 Å². The first-order chi connectivity index (χ1) is 5.63. The molecule has 0 aliphatic rings. The van der Waals surface area contributed by atoms with Crippen molar-refractivity contribution >= 4 is 11.5 Å². The smallest absolute Gasteiger partial charge is 0.174 e. The third kappa shape index (κ3) is 1.64. The van der Waals surface area contributed by atoms with Crippen molar-refractivity contribution in [2.45, 2.75) is 0 Å². The van der Waals surface area contributed by atoms with Gasteiger partial charge in [0.1, 0.15) is 0 Å². The van der Waals surface area contributed by atoms with Crippen molar-refractivity contribution in [1.82, 2.24) is 10.2 Å². The van der Waals surface area contributed by atoms with Gasteiger partial charge in [-0.2, -0.15) is 5.10 Å². The van der Waals surface area contributed by atoms with Crippen molar-refractivity contribution in [2.75, 3.05) is 38.0 Å². The lowest BCUT2D eigenvalue weighted by Crippen LogP contribution is -2.18. The van der Waals surface area contributed by atoms with E-state index in [4.69, 9.17) is 0 Å². The van der Waals surface area contributed by atoms with E-state index in [0.717, 1.165) is 11.5 Å². The first-order valence-corrected chi connectivity index (χ1v) is 3.79. The summed E-state index contributed by atoms with van der Waals surface area (Å²) in [6, 6.07) is 1.95. The molecule has 1 aromatic rings. The lowest BCUT2D eigenvalue weighted by Gasteiger charge is -2.19. The van der Waals surface area contributed by atoms with Crippen LogP contribution in [0.25, 0.3) is 0 Å². The van der Waals surface area contributed by atoms with Crippen LogP contribution in [-0.4, -0.2) is 38.4 Å². The highest BCUT2D eigenvalue weighted by Crippen LogP contribution is 2.21. The van der Waals surface area contributed by atoms with E-state index >= 15 is 0 Å². The summed E-state index contributed by atoms with van der Waals surface area (Å²) in [6.07, 6.45) is 1.70. The summed E-state index contributed by atoms with van der Waals surface area (Å²) in [4.78, 5) is 3.96. The lowest BCUT2D eigenvalue weighted by atomic mass is 10.4. The van der Waals surface area contributed by atoms with Gasteiger partial charge in [-0.3, -0.25) is 0 Å². The van der Waals surface area contributed by atoms with Gasteiger partial charge in [-0.1, -0.05) is 0 Å². The molecule has 0 atom stereocenters. The molecule has 1 heterocycles. The molecule has 0 spiro atoms. The zero-order chi connectivity index (χ0) is 9.14. The van der Waals surface area contributed by atoms with Gasteiger partial charge in [-0.05, 0) is 6.07 Å². The zero-order valence-corrected chi connectivity index (χ0v) is 7.94. The maximum atomic E-state index is 4.03. The highest BCUT2D eigenvalue weighted by Gasteiger charge is 2.06. The molecule has 0 aliphatic heterocycles. The fourth-order valence-electron chi connectivity index (χ4n) is 0.985. The van der Waals surface area contributed by atoms with Gasteiger partial charge in [-0.25, -0.2) is 0 Å². The van der Waals surface area contributed by atoms with E-state index in [0.29, 0.717) is 0 Å². The van der Waals surface area contributed by atoms with Crippen molar-refractivity contribution in [3.05, 3.63) is 12.3 Å². The van der Waals surface area contributed by atoms with Gasteiger partial charge in [-0.15, -0.1) is 5.10 Å². The molecule has 0 N–H and O–H groups in total. The standard InChI is InChI=1S/C8H14N4/c1-11(2)7-5-6-9-10-8(7)12(3)4/h5-6H,1-4H3. The third-order valence-electron chi connectivity index (χ3n) is 1.59. The van der Waals surface area contributed by atoms with Crippen LogP contribution in [0, 0.1) is 0 Å². The second kappa shape index (κ2) is 3.38. The van der Waals surface area contributed by atoms with Gasteiger partial charge in [0.25, 0.3) is 0 Å². The fourth-order valence-corrected chi connectivity index (χ4v) is 0.985. The van der Waals surface area contributed by atoms with Gasteiger partial charge in [0.15, 0.2) is 5.82 Å². The number of anilines is 2. The molecule has 0 amide bonds. The Kier molecular flexibility index (Phi) is 2.47. The highest BCUT2D eigenvalue weighted by molar-refractivity contribution is 5.64. The monoisotopic (exact) mass is 166 g/mol. The molecular weight excluding hydrogens is 152 g/mol. The molecule has 0 bridgehead atoms. The van der Waals surface area contributed by atoms with Crippen LogP contribution >= 0.6 is 0 Å². The van der Waals surface area contributed by atoms with Crippen molar-refractivity contribution in [1.29, 1.82) is 0 Å². The van der Waals surface area contributed by atoms with Gasteiger partial charge >= 0.3 is 0 Å². The van der Waals surface area contributed by atoms with Crippen LogP contribution in [0.5, 0.6) is 0 Å². The van der Waals surface area contributed by atoms with Crippen LogP contribution < -0.4 is 9.80 Å². The van der Waals surface area contributed by atoms with Crippen LogP contribution in [0.2, 0.25) is 0 Å². The normalized spacial score (nSPS) is 9.67. The Labute approximate surface area is 72.8 Å². The maximum Gasteiger partial charge on any atom is 0.174 e. The van der Waals surface area contributed by atoms with Crippen LogP contribution in [0.3, 0.4) is 0 Å². The number of nitrogens with zero attached hydrogens (tertiary/aromatic N) is 4. The minimum Gasteiger partial charge on any atom is -0.375 e. The van der Waals surface area contributed by atoms with Crippen LogP contribution in [0.15, 0.2) is 12.3 Å². The average molecular weight is 166 g/mol. The molecule has 0 unspecified atom stereocenters. The Morgan fingerprint density at radius 2 is 1.75 bits per heavy atom. The third-order valence-corrected chi connectivity index (χ3v) is 1.59. The summed E-state index contributed by atoms with van der Waals surface area (Å²) in [5.74, 6) is 0.891. The van der Waals surface area contributed by atoms with Gasteiger partial charge < -0.3 is 9.80 Å². The van der Waals surface area contributed by atoms with E-state index in [2.05, 4.69) is 10.2 Å². The Balaban J connectivity index is 3.09. The predicted octanol–water partition coefficient (Wildman–Crippen LogP) is 0.609. The molecule has 0 aromatic carbocycles.